The van der Waals surface area contributed by atoms with Crippen LogP contribution >= 0.6 is 22.7 Å². The Morgan fingerprint density at radius 1 is 1.26 bits per heavy atom. The van der Waals surface area contributed by atoms with Crippen molar-refractivity contribution in [1.29, 1.82) is 0 Å². The minimum absolute atomic E-state index is 0.879. The molecule has 2 aromatic heterocycles. The van der Waals surface area contributed by atoms with E-state index >= 15 is 0 Å². The number of nitrogens with one attached hydrogen (secondary N) is 1. The van der Waals surface area contributed by atoms with Gasteiger partial charge in [0, 0.05) is 23.3 Å². The molecule has 2 aromatic rings. The third-order valence-electron chi connectivity index (χ3n) is 2.97. The lowest BCUT2D eigenvalue weighted by Gasteiger charge is -2.14. The van der Waals surface area contributed by atoms with Crippen molar-refractivity contribution in [3.05, 3.63) is 26.7 Å². The molecule has 0 aliphatic heterocycles. The SMILES string of the molecule is CCNCc1sc(N(C)Cc2scnc2C)nc1C. The first kappa shape index (κ1) is 14.4. The van der Waals surface area contributed by atoms with Gasteiger partial charge in [-0.1, -0.05) is 6.92 Å². The van der Waals surface area contributed by atoms with Crippen molar-refractivity contribution in [2.75, 3.05) is 18.5 Å². The van der Waals surface area contributed by atoms with Crippen LogP contribution < -0.4 is 10.2 Å². The van der Waals surface area contributed by atoms with Crippen molar-refractivity contribution in [2.45, 2.75) is 33.9 Å². The number of hydrogen-bond donors (Lipinski definition) is 1. The minimum atomic E-state index is 0.879. The van der Waals surface area contributed by atoms with Crippen molar-refractivity contribution < 1.29 is 0 Å². The van der Waals surface area contributed by atoms with Crippen LogP contribution in [-0.4, -0.2) is 23.6 Å². The number of rotatable bonds is 6. The Kier molecular flexibility index (Phi) is 4.90. The molecule has 6 heteroatoms. The van der Waals surface area contributed by atoms with E-state index in [1.165, 1.54) is 9.75 Å². The normalized spacial score (nSPS) is 10.9. The molecule has 0 aliphatic carbocycles. The fourth-order valence-corrected chi connectivity index (χ4v) is 3.56. The van der Waals surface area contributed by atoms with Crippen LogP contribution in [0.2, 0.25) is 0 Å². The average Bonchev–Trinajstić information content (AvgIpc) is 2.94. The molecule has 4 nitrogen and oxygen atoms in total. The smallest absolute Gasteiger partial charge is 0.185 e. The molecule has 2 rings (SSSR count). The zero-order valence-electron chi connectivity index (χ0n) is 11.9. The lowest BCUT2D eigenvalue weighted by molar-refractivity contribution is 0.731. The van der Waals surface area contributed by atoms with Gasteiger partial charge in [-0.15, -0.1) is 22.7 Å². The monoisotopic (exact) mass is 296 g/mol. The molecule has 0 saturated heterocycles. The van der Waals surface area contributed by atoms with E-state index in [0.29, 0.717) is 0 Å². The maximum Gasteiger partial charge on any atom is 0.185 e. The van der Waals surface area contributed by atoms with Gasteiger partial charge in [-0.05, 0) is 20.4 Å². The molecule has 19 heavy (non-hydrogen) atoms. The summed E-state index contributed by atoms with van der Waals surface area (Å²) in [5, 5.41) is 4.44. The van der Waals surface area contributed by atoms with E-state index in [4.69, 9.17) is 0 Å². The van der Waals surface area contributed by atoms with Gasteiger partial charge in [0.15, 0.2) is 5.13 Å². The molecule has 0 radical (unpaired) electrons. The van der Waals surface area contributed by atoms with Gasteiger partial charge in [-0.3, -0.25) is 0 Å². The van der Waals surface area contributed by atoms with Gasteiger partial charge in [0.25, 0.3) is 0 Å². The van der Waals surface area contributed by atoms with Crippen LogP contribution in [0.25, 0.3) is 0 Å². The highest BCUT2D eigenvalue weighted by atomic mass is 32.1. The Labute approximate surface area is 122 Å². The highest BCUT2D eigenvalue weighted by Gasteiger charge is 2.12. The maximum absolute atomic E-state index is 4.66. The third kappa shape index (κ3) is 3.52. The van der Waals surface area contributed by atoms with Crippen molar-refractivity contribution >= 4 is 27.8 Å². The predicted octanol–water partition coefficient (Wildman–Crippen LogP) is 2.96. The fourth-order valence-electron chi connectivity index (χ4n) is 1.74. The topological polar surface area (TPSA) is 41.0 Å². The third-order valence-corrected chi connectivity index (χ3v) is 5.16. The molecule has 0 fully saturated rings. The fraction of sp³-hybridized carbons (Fsp3) is 0.538. The lowest BCUT2D eigenvalue weighted by Crippen LogP contribution is -2.15. The summed E-state index contributed by atoms with van der Waals surface area (Å²) in [6, 6.07) is 0. The molecule has 0 aliphatic rings. The standard InChI is InChI=1S/C13H20N4S2/c1-5-14-6-11-10(3)16-13(19-11)17(4)7-12-9(2)15-8-18-12/h8,14H,5-7H2,1-4H3. The van der Waals surface area contributed by atoms with Crippen molar-refractivity contribution in [1.82, 2.24) is 15.3 Å². The van der Waals surface area contributed by atoms with E-state index in [1.807, 2.05) is 5.51 Å². The molecule has 1 N–H and O–H groups in total. The highest BCUT2D eigenvalue weighted by molar-refractivity contribution is 7.15. The number of nitrogens with zero attached hydrogens (tertiary/aromatic N) is 3. The molecule has 2 heterocycles. The Morgan fingerprint density at radius 2 is 2.05 bits per heavy atom. The van der Waals surface area contributed by atoms with Crippen LogP contribution in [0.3, 0.4) is 0 Å². The van der Waals surface area contributed by atoms with Gasteiger partial charge in [0.05, 0.1) is 23.4 Å². The quantitative estimate of drug-likeness (QED) is 0.890. The van der Waals surface area contributed by atoms with E-state index in [1.54, 1.807) is 22.7 Å². The second kappa shape index (κ2) is 6.45. The van der Waals surface area contributed by atoms with E-state index in [9.17, 15) is 0 Å². The van der Waals surface area contributed by atoms with Gasteiger partial charge >= 0.3 is 0 Å². The molecule has 0 bridgehead atoms. The second-order valence-electron chi connectivity index (χ2n) is 4.50. The first-order chi connectivity index (χ1) is 9.11. The molecule has 0 atom stereocenters. The number of aryl methyl sites for hydroxylation is 2. The van der Waals surface area contributed by atoms with Crippen LogP contribution in [-0.2, 0) is 13.1 Å². The van der Waals surface area contributed by atoms with Crippen molar-refractivity contribution in [3.8, 4) is 0 Å². The summed E-state index contributed by atoms with van der Waals surface area (Å²) in [6.45, 7) is 9.04. The minimum Gasteiger partial charge on any atom is -0.346 e. The Hall–Kier alpha value is -0.980. The number of hydrogen-bond acceptors (Lipinski definition) is 6. The molecular weight excluding hydrogens is 276 g/mol. The Bertz CT molecular complexity index is 532. The summed E-state index contributed by atoms with van der Waals surface area (Å²) < 4.78 is 0. The summed E-state index contributed by atoms with van der Waals surface area (Å²) in [6.07, 6.45) is 0. The van der Waals surface area contributed by atoms with Crippen LogP contribution in [0.1, 0.15) is 28.1 Å². The van der Waals surface area contributed by atoms with Gasteiger partial charge in [0.2, 0.25) is 0 Å². The van der Waals surface area contributed by atoms with Crippen LogP contribution in [0.5, 0.6) is 0 Å². The molecule has 104 valence electrons. The first-order valence-electron chi connectivity index (χ1n) is 6.39. The van der Waals surface area contributed by atoms with Crippen molar-refractivity contribution in [3.63, 3.8) is 0 Å². The second-order valence-corrected chi connectivity index (χ2v) is 6.50. The molecule has 0 unspecified atom stereocenters. The summed E-state index contributed by atoms with van der Waals surface area (Å²) in [4.78, 5) is 13.8. The molecule has 0 saturated carbocycles. The zero-order valence-corrected chi connectivity index (χ0v) is 13.5. The average molecular weight is 296 g/mol. The van der Waals surface area contributed by atoms with E-state index in [2.05, 4.69) is 48.0 Å². The molecule has 0 spiro atoms. The van der Waals surface area contributed by atoms with Gasteiger partial charge in [-0.2, -0.15) is 0 Å². The van der Waals surface area contributed by atoms with E-state index < -0.39 is 0 Å². The number of thiazole rings is 2. The molecular formula is C13H20N4S2. The van der Waals surface area contributed by atoms with E-state index in [-0.39, 0.29) is 0 Å². The number of aromatic nitrogens is 2. The summed E-state index contributed by atoms with van der Waals surface area (Å²) in [7, 11) is 2.09. The first-order valence-corrected chi connectivity index (χ1v) is 8.08. The van der Waals surface area contributed by atoms with Crippen LogP contribution in [0.4, 0.5) is 5.13 Å². The summed E-state index contributed by atoms with van der Waals surface area (Å²) >= 11 is 3.48. The van der Waals surface area contributed by atoms with Gasteiger partial charge in [-0.25, -0.2) is 9.97 Å². The Balaban J connectivity index is 2.07. The molecule has 0 aromatic carbocycles. The lowest BCUT2D eigenvalue weighted by atomic mass is 10.4. The van der Waals surface area contributed by atoms with Gasteiger partial charge < -0.3 is 10.2 Å². The largest absolute Gasteiger partial charge is 0.346 e. The predicted molar refractivity (Wildman–Crippen MR) is 83.2 cm³/mol. The van der Waals surface area contributed by atoms with Gasteiger partial charge in [0.1, 0.15) is 0 Å². The maximum atomic E-state index is 4.66. The zero-order chi connectivity index (χ0) is 13.8. The molecule has 0 amide bonds. The summed E-state index contributed by atoms with van der Waals surface area (Å²) in [5.74, 6) is 0. The van der Waals surface area contributed by atoms with Crippen LogP contribution in [0, 0.1) is 13.8 Å². The van der Waals surface area contributed by atoms with Crippen LogP contribution in [0.15, 0.2) is 5.51 Å². The Morgan fingerprint density at radius 3 is 2.68 bits per heavy atom. The summed E-state index contributed by atoms with van der Waals surface area (Å²) in [5.41, 5.74) is 4.16. The van der Waals surface area contributed by atoms with Crippen molar-refractivity contribution in [2.24, 2.45) is 0 Å². The number of anilines is 1. The van der Waals surface area contributed by atoms with E-state index in [0.717, 1.165) is 36.2 Å². The highest BCUT2D eigenvalue weighted by Crippen LogP contribution is 2.27.